The molecule has 1 aliphatic carbocycles. The summed E-state index contributed by atoms with van der Waals surface area (Å²) in [7, 11) is 0. The van der Waals surface area contributed by atoms with E-state index in [9.17, 15) is 32.8 Å². The molecule has 38 heavy (non-hydrogen) atoms. The number of likely N-dealkylation sites (tertiary alicyclic amines) is 1. The third-order valence-electron chi connectivity index (χ3n) is 7.56. The molecule has 0 bridgehead atoms. The summed E-state index contributed by atoms with van der Waals surface area (Å²) in [6.07, 6.45) is 5.54. The minimum atomic E-state index is -1.25. The van der Waals surface area contributed by atoms with Crippen molar-refractivity contribution in [2.45, 2.75) is 77.9 Å². The standard InChI is InChI=1S/C27H39F3N4O4/c1-27(2,3)24(32-25(36)19(14-34(38)16-35)10-17-6-4-5-7-17)26(37)33-9-8-20(15-33)31-13-18-11-22(29)23(30)12-21(18)28/h11-12,16-17,19-20,24,31,38H,4-10,13-15H2,1-3H3,(H,32,36)/t19-,20-,24-/m1/s1. The van der Waals surface area contributed by atoms with Crippen molar-refractivity contribution in [3.05, 3.63) is 35.1 Å². The molecule has 3 amide bonds. The Hall–Kier alpha value is -2.66. The van der Waals surface area contributed by atoms with Crippen molar-refractivity contribution in [1.82, 2.24) is 20.6 Å². The van der Waals surface area contributed by atoms with Crippen LogP contribution in [0.5, 0.6) is 0 Å². The first-order valence-corrected chi connectivity index (χ1v) is 13.3. The second-order valence-corrected chi connectivity index (χ2v) is 11.6. The Labute approximate surface area is 221 Å². The molecule has 2 aliphatic rings. The number of amides is 3. The van der Waals surface area contributed by atoms with E-state index in [2.05, 4.69) is 10.6 Å². The topological polar surface area (TPSA) is 102 Å². The predicted octanol–water partition coefficient (Wildman–Crippen LogP) is 3.37. The van der Waals surface area contributed by atoms with Crippen LogP contribution in [0.15, 0.2) is 12.1 Å². The van der Waals surface area contributed by atoms with Crippen LogP contribution < -0.4 is 10.6 Å². The van der Waals surface area contributed by atoms with Gasteiger partial charge in [-0.25, -0.2) is 18.2 Å². The molecule has 0 spiro atoms. The summed E-state index contributed by atoms with van der Waals surface area (Å²) < 4.78 is 40.7. The van der Waals surface area contributed by atoms with Gasteiger partial charge in [-0.1, -0.05) is 46.5 Å². The number of hydrogen-bond donors (Lipinski definition) is 3. The lowest BCUT2D eigenvalue weighted by Gasteiger charge is -2.35. The third kappa shape index (κ3) is 7.92. The fourth-order valence-electron chi connectivity index (χ4n) is 5.35. The monoisotopic (exact) mass is 540 g/mol. The average Bonchev–Trinajstić information content (AvgIpc) is 3.54. The summed E-state index contributed by atoms with van der Waals surface area (Å²) in [5.41, 5.74) is -0.621. The van der Waals surface area contributed by atoms with Crippen molar-refractivity contribution in [1.29, 1.82) is 0 Å². The Kier molecular flexibility index (Phi) is 10.2. The van der Waals surface area contributed by atoms with E-state index in [4.69, 9.17) is 0 Å². The van der Waals surface area contributed by atoms with Crippen molar-refractivity contribution in [3.8, 4) is 0 Å². The molecule has 1 heterocycles. The molecule has 3 rings (SSSR count). The number of rotatable bonds is 11. The Balaban J connectivity index is 1.63. The van der Waals surface area contributed by atoms with Crippen molar-refractivity contribution in [2.75, 3.05) is 19.6 Å². The predicted molar refractivity (Wildman–Crippen MR) is 134 cm³/mol. The van der Waals surface area contributed by atoms with Gasteiger partial charge in [-0.15, -0.1) is 0 Å². The van der Waals surface area contributed by atoms with Gasteiger partial charge in [0.2, 0.25) is 18.2 Å². The highest BCUT2D eigenvalue weighted by Crippen LogP contribution is 2.31. The van der Waals surface area contributed by atoms with E-state index in [1.807, 2.05) is 20.8 Å². The van der Waals surface area contributed by atoms with E-state index in [1.165, 1.54) is 0 Å². The largest absolute Gasteiger partial charge is 0.344 e. The Morgan fingerprint density at radius 2 is 1.79 bits per heavy atom. The molecule has 0 radical (unpaired) electrons. The summed E-state index contributed by atoms with van der Waals surface area (Å²) >= 11 is 0. The summed E-state index contributed by atoms with van der Waals surface area (Å²) in [6.45, 7) is 6.11. The number of hydroxylamine groups is 2. The third-order valence-corrected chi connectivity index (χ3v) is 7.56. The van der Waals surface area contributed by atoms with Gasteiger partial charge in [0.05, 0.1) is 12.5 Å². The lowest BCUT2D eigenvalue weighted by atomic mass is 9.84. The highest BCUT2D eigenvalue weighted by molar-refractivity contribution is 5.89. The number of nitrogens with one attached hydrogen (secondary N) is 2. The van der Waals surface area contributed by atoms with Crippen LogP contribution in [0.25, 0.3) is 0 Å². The van der Waals surface area contributed by atoms with E-state index < -0.39 is 34.8 Å². The summed E-state index contributed by atoms with van der Waals surface area (Å²) in [6, 6.07) is 0.305. The second-order valence-electron chi connectivity index (χ2n) is 11.6. The van der Waals surface area contributed by atoms with Crippen LogP contribution in [0.2, 0.25) is 0 Å². The summed E-state index contributed by atoms with van der Waals surface area (Å²) in [5, 5.41) is 16.2. The Morgan fingerprint density at radius 3 is 2.42 bits per heavy atom. The molecule has 212 valence electrons. The maximum atomic E-state index is 14.0. The van der Waals surface area contributed by atoms with Gasteiger partial charge in [0.25, 0.3) is 0 Å². The fourth-order valence-corrected chi connectivity index (χ4v) is 5.35. The SMILES string of the molecule is CC(C)(C)[C@H](NC(=O)[C@H](CC1CCCC1)CN(O)C=O)C(=O)N1CC[C@@H](NCc2cc(F)c(F)cc2F)C1. The van der Waals surface area contributed by atoms with Crippen molar-refractivity contribution < 1.29 is 32.8 Å². The van der Waals surface area contributed by atoms with Gasteiger partial charge in [-0.3, -0.25) is 19.6 Å². The lowest BCUT2D eigenvalue weighted by molar-refractivity contribution is -0.155. The molecule has 8 nitrogen and oxygen atoms in total. The van der Waals surface area contributed by atoms with Gasteiger partial charge in [0.1, 0.15) is 11.9 Å². The van der Waals surface area contributed by atoms with Crippen LogP contribution in [0, 0.1) is 34.7 Å². The molecule has 1 saturated heterocycles. The highest BCUT2D eigenvalue weighted by Gasteiger charge is 2.39. The molecule has 3 N–H and O–H groups in total. The molecular weight excluding hydrogens is 501 g/mol. The van der Waals surface area contributed by atoms with E-state index in [0.717, 1.165) is 31.7 Å². The zero-order valence-electron chi connectivity index (χ0n) is 22.3. The molecule has 11 heteroatoms. The molecule has 0 aromatic heterocycles. The van der Waals surface area contributed by atoms with E-state index >= 15 is 0 Å². The first-order chi connectivity index (χ1) is 17.9. The van der Waals surface area contributed by atoms with Gasteiger partial charge in [-0.2, -0.15) is 0 Å². The maximum Gasteiger partial charge on any atom is 0.245 e. The van der Waals surface area contributed by atoms with Crippen LogP contribution >= 0.6 is 0 Å². The van der Waals surface area contributed by atoms with E-state index in [-0.39, 0.29) is 42.9 Å². The average molecular weight is 541 g/mol. The number of benzene rings is 1. The van der Waals surface area contributed by atoms with Crippen molar-refractivity contribution in [3.63, 3.8) is 0 Å². The van der Waals surface area contributed by atoms with Gasteiger partial charge < -0.3 is 15.5 Å². The number of carbonyl (C=O) groups excluding carboxylic acids is 3. The molecular formula is C27H39F3N4O4. The van der Waals surface area contributed by atoms with E-state index in [1.54, 1.807) is 4.90 Å². The Bertz CT molecular complexity index is 997. The Morgan fingerprint density at radius 1 is 1.13 bits per heavy atom. The minimum Gasteiger partial charge on any atom is -0.344 e. The fraction of sp³-hybridized carbons (Fsp3) is 0.667. The van der Waals surface area contributed by atoms with Crippen LogP contribution in [0.3, 0.4) is 0 Å². The van der Waals surface area contributed by atoms with Gasteiger partial charge in [0, 0.05) is 37.3 Å². The second kappa shape index (κ2) is 12.9. The van der Waals surface area contributed by atoms with Gasteiger partial charge in [0.15, 0.2) is 11.6 Å². The maximum absolute atomic E-state index is 14.0. The highest BCUT2D eigenvalue weighted by atomic mass is 19.2. The molecule has 2 fully saturated rings. The van der Waals surface area contributed by atoms with Crippen LogP contribution in [0.1, 0.15) is 64.9 Å². The number of halogens is 3. The van der Waals surface area contributed by atoms with Crippen LogP contribution in [-0.2, 0) is 20.9 Å². The normalized spacial score (nSPS) is 19.9. The van der Waals surface area contributed by atoms with Crippen LogP contribution in [-0.4, -0.2) is 65.1 Å². The molecule has 3 atom stereocenters. The molecule has 1 aliphatic heterocycles. The zero-order chi connectivity index (χ0) is 28.0. The van der Waals surface area contributed by atoms with Gasteiger partial charge in [-0.05, 0) is 30.2 Å². The first-order valence-electron chi connectivity index (χ1n) is 13.3. The van der Waals surface area contributed by atoms with E-state index in [0.29, 0.717) is 43.0 Å². The number of hydrogen-bond acceptors (Lipinski definition) is 5. The smallest absolute Gasteiger partial charge is 0.245 e. The quantitative estimate of drug-likeness (QED) is 0.173. The molecule has 1 aromatic carbocycles. The number of nitrogens with zero attached hydrogens (tertiary/aromatic N) is 2. The van der Waals surface area contributed by atoms with Crippen LogP contribution in [0.4, 0.5) is 13.2 Å². The number of carbonyl (C=O) groups is 3. The zero-order valence-corrected chi connectivity index (χ0v) is 22.3. The lowest BCUT2D eigenvalue weighted by Crippen LogP contribution is -2.56. The summed E-state index contributed by atoms with van der Waals surface area (Å²) in [5.74, 6) is -4.18. The van der Waals surface area contributed by atoms with Crippen molar-refractivity contribution in [2.24, 2.45) is 17.3 Å². The summed E-state index contributed by atoms with van der Waals surface area (Å²) in [4.78, 5) is 39.5. The van der Waals surface area contributed by atoms with Gasteiger partial charge >= 0.3 is 0 Å². The molecule has 0 unspecified atom stereocenters. The van der Waals surface area contributed by atoms with Crippen molar-refractivity contribution >= 4 is 18.2 Å². The minimum absolute atomic E-state index is 0.00457. The molecule has 1 aromatic rings. The first kappa shape index (κ1) is 29.9. The molecule has 1 saturated carbocycles.